The zero-order valence-electron chi connectivity index (χ0n) is 6.40. The number of carbonyl (C=O) groups is 1. The highest BCUT2D eigenvalue weighted by Gasteiger charge is 2.30. The van der Waals surface area contributed by atoms with Gasteiger partial charge in [0, 0.05) is 0 Å². The van der Waals surface area contributed by atoms with Gasteiger partial charge in [-0.2, -0.15) is 4.99 Å². The zero-order chi connectivity index (χ0) is 9.61. The van der Waals surface area contributed by atoms with Gasteiger partial charge in [0.1, 0.15) is 0 Å². The second-order valence-electron chi connectivity index (χ2n) is 2.25. The van der Waals surface area contributed by atoms with Gasteiger partial charge in [0.15, 0.2) is 5.54 Å². The highest BCUT2D eigenvalue weighted by Crippen LogP contribution is 2.08. The van der Waals surface area contributed by atoms with Crippen LogP contribution in [0, 0.1) is 0 Å². The molecule has 12 heavy (non-hydrogen) atoms. The van der Waals surface area contributed by atoms with E-state index in [-0.39, 0.29) is 6.54 Å². The van der Waals surface area contributed by atoms with Gasteiger partial charge in [-0.15, -0.1) is 0 Å². The first-order valence-electron chi connectivity index (χ1n) is 2.99. The number of nitrogens with two attached hydrogens (primary N) is 1. The first kappa shape index (κ1) is 10.2. The van der Waals surface area contributed by atoms with Crippen LogP contribution in [0.15, 0.2) is 9.98 Å². The molecule has 0 aliphatic rings. The van der Waals surface area contributed by atoms with Gasteiger partial charge in [-0.05, 0) is 6.92 Å². The molecule has 64 valence electrons. The van der Waals surface area contributed by atoms with Crippen LogP contribution in [0.4, 0.5) is 0 Å². The summed E-state index contributed by atoms with van der Waals surface area (Å²) in [7, 11) is 0. The number of hydrogen-bond acceptors (Lipinski definition) is 5. The molecule has 0 aromatic carbocycles. The Bertz CT molecular complexity index is 272. The molecule has 0 aliphatic heterocycles. The molecule has 1 atom stereocenters. The molecule has 0 saturated carbocycles. The van der Waals surface area contributed by atoms with Gasteiger partial charge < -0.3 is 5.73 Å². The molecular weight excluding hydrogens is 162 g/mol. The summed E-state index contributed by atoms with van der Waals surface area (Å²) in [6.07, 6.45) is 2.40. The summed E-state index contributed by atoms with van der Waals surface area (Å²) < 4.78 is 0. The number of carbonyl (C=O) groups excluding carboxylic acids is 3. The van der Waals surface area contributed by atoms with Gasteiger partial charge in [0.25, 0.3) is 0 Å². The van der Waals surface area contributed by atoms with E-state index in [2.05, 4.69) is 9.98 Å². The minimum atomic E-state index is -1.49. The molecule has 0 rings (SSSR count). The maximum absolute atomic E-state index is 10.7. The van der Waals surface area contributed by atoms with E-state index in [0.717, 1.165) is 0 Å². The van der Waals surface area contributed by atoms with Crippen molar-refractivity contribution in [1.29, 1.82) is 0 Å². The van der Waals surface area contributed by atoms with E-state index in [4.69, 9.17) is 5.73 Å². The van der Waals surface area contributed by atoms with Crippen LogP contribution in [0.3, 0.4) is 0 Å². The number of amides is 1. The first-order chi connectivity index (χ1) is 5.56. The van der Waals surface area contributed by atoms with E-state index in [1.54, 1.807) is 0 Å². The Morgan fingerprint density at radius 2 is 2.08 bits per heavy atom. The average molecular weight is 169 g/mol. The predicted molar refractivity (Wildman–Crippen MR) is 38.7 cm³/mol. The summed E-state index contributed by atoms with van der Waals surface area (Å²) in [5, 5.41) is 0. The molecule has 0 fully saturated rings. The van der Waals surface area contributed by atoms with Crippen LogP contribution in [0.1, 0.15) is 6.92 Å². The Hall–Kier alpha value is -1.77. The number of primary amides is 1. The van der Waals surface area contributed by atoms with E-state index in [9.17, 15) is 14.4 Å². The smallest absolute Gasteiger partial charge is 0.247 e. The van der Waals surface area contributed by atoms with E-state index < -0.39 is 11.4 Å². The quantitative estimate of drug-likeness (QED) is 0.426. The fourth-order valence-corrected chi connectivity index (χ4v) is 0.455. The molecule has 0 aromatic rings. The lowest BCUT2D eigenvalue weighted by atomic mass is 10.0. The van der Waals surface area contributed by atoms with Gasteiger partial charge in [-0.25, -0.2) is 14.6 Å². The van der Waals surface area contributed by atoms with Crippen LogP contribution in [-0.2, 0) is 14.4 Å². The van der Waals surface area contributed by atoms with E-state index in [1.807, 2.05) is 0 Å². The van der Waals surface area contributed by atoms with Crippen molar-refractivity contribution in [2.45, 2.75) is 12.5 Å². The summed E-state index contributed by atoms with van der Waals surface area (Å²) in [6, 6.07) is 0. The highest BCUT2D eigenvalue weighted by atomic mass is 16.2. The minimum absolute atomic E-state index is 0.291. The molecule has 0 bridgehead atoms. The zero-order valence-corrected chi connectivity index (χ0v) is 6.40. The molecule has 1 unspecified atom stereocenters. The monoisotopic (exact) mass is 169 g/mol. The Morgan fingerprint density at radius 3 is 2.42 bits per heavy atom. The molecule has 0 heterocycles. The topological polar surface area (TPSA) is 102 Å². The predicted octanol–water partition coefficient (Wildman–Crippen LogP) is -1.10. The molecule has 0 aromatic heterocycles. The summed E-state index contributed by atoms with van der Waals surface area (Å²) >= 11 is 0. The van der Waals surface area contributed by atoms with Crippen molar-refractivity contribution in [2.24, 2.45) is 15.7 Å². The molecule has 1 amide bonds. The lowest BCUT2D eigenvalue weighted by Gasteiger charge is -2.14. The largest absolute Gasteiger partial charge is 0.367 e. The molecule has 2 N–H and O–H groups in total. The van der Waals surface area contributed by atoms with Gasteiger partial charge >= 0.3 is 0 Å². The van der Waals surface area contributed by atoms with Gasteiger partial charge in [0.2, 0.25) is 18.1 Å². The van der Waals surface area contributed by atoms with Crippen molar-refractivity contribution in [3.8, 4) is 0 Å². The molecule has 0 aliphatic carbocycles. The molecule has 6 nitrogen and oxygen atoms in total. The fourth-order valence-electron chi connectivity index (χ4n) is 0.455. The molecule has 0 spiro atoms. The number of isocyanates is 2. The third-order valence-corrected chi connectivity index (χ3v) is 1.27. The Morgan fingerprint density at radius 1 is 1.50 bits per heavy atom. The highest BCUT2D eigenvalue weighted by molar-refractivity contribution is 5.85. The van der Waals surface area contributed by atoms with Crippen LogP contribution >= 0.6 is 0 Å². The van der Waals surface area contributed by atoms with E-state index in [0.29, 0.717) is 0 Å². The molecule has 0 radical (unpaired) electrons. The van der Waals surface area contributed by atoms with Crippen molar-refractivity contribution < 1.29 is 14.4 Å². The van der Waals surface area contributed by atoms with Crippen LogP contribution < -0.4 is 5.73 Å². The Kier molecular flexibility index (Phi) is 3.56. The van der Waals surface area contributed by atoms with Gasteiger partial charge in [-0.3, -0.25) is 4.79 Å². The molecular formula is C6H7N3O3. The first-order valence-corrected chi connectivity index (χ1v) is 2.99. The number of nitrogens with zero attached hydrogens (tertiary/aromatic N) is 2. The van der Waals surface area contributed by atoms with Crippen LogP contribution in [0.2, 0.25) is 0 Å². The van der Waals surface area contributed by atoms with Gasteiger partial charge in [0.05, 0.1) is 6.54 Å². The molecule has 0 saturated heterocycles. The Balaban J connectivity index is 4.72. The van der Waals surface area contributed by atoms with Crippen molar-refractivity contribution in [3.63, 3.8) is 0 Å². The van der Waals surface area contributed by atoms with E-state index >= 15 is 0 Å². The third kappa shape index (κ3) is 2.46. The van der Waals surface area contributed by atoms with Crippen molar-refractivity contribution >= 4 is 18.1 Å². The van der Waals surface area contributed by atoms with Gasteiger partial charge in [-0.1, -0.05) is 0 Å². The summed E-state index contributed by atoms with van der Waals surface area (Å²) in [5.41, 5.74) is 3.41. The maximum atomic E-state index is 10.7. The lowest BCUT2D eigenvalue weighted by Crippen LogP contribution is -2.41. The SMILES string of the molecule is CC(CN=C=O)(N=C=O)C(N)=O. The van der Waals surface area contributed by atoms with Crippen LogP contribution in [0.25, 0.3) is 0 Å². The Labute approximate surface area is 68.2 Å². The van der Waals surface area contributed by atoms with Crippen LogP contribution in [0.5, 0.6) is 0 Å². The minimum Gasteiger partial charge on any atom is -0.367 e. The standard InChI is InChI=1S/C6H7N3O3/c1-6(5(7)12,9-4-11)2-8-3-10/h2H2,1H3,(H2,7,12). The average Bonchev–Trinajstić information content (AvgIpc) is 2.01. The summed E-state index contributed by atoms with van der Waals surface area (Å²) in [6.45, 7) is 0.988. The van der Waals surface area contributed by atoms with Crippen molar-refractivity contribution in [3.05, 3.63) is 0 Å². The number of aliphatic imine (C=N–C) groups is 2. The fraction of sp³-hybridized carbons (Fsp3) is 0.500. The summed E-state index contributed by atoms with van der Waals surface area (Å²) in [4.78, 5) is 36.5. The second kappa shape index (κ2) is 4.18. The lowest BCUT2D eigenvalue weighted by molar-refractivity contribution is -0.122. The van der Waals surface area contributed by atoms with E-state index in [1.165, 1.54) is 19.1 Å². The maximum Gasteiger partial charge on any atom is 0.247 e. The number of rotatable bonds is 4. The number of hydrogen-bond donors (Lipinski definition) is 1. The van der Waals surface area contributed by atoms with Crippen molar-refractivity contribution in [2.75, 3.05) is 6.54 Å². The van der Waals surface area contributed by atoms with Crippen LogP contribution in [-0.4, -0.2) is 30.2 Å². The normalized spacial score (nSPS) is 13.4. The molecule has 6 heteroatoms. The summed E-state index contributed by atoms with van der Waals surface area (Å²) in [5.74, 6) is -0.843. The van der Waals surface area contributed by atoms with Crippen molar-refractivity contribution in [1.82, 2.24) is 0 Å². The third-order valence-electron chi connectivity index (χ3n) is 1.27. The second-order valence-corrected chi connectivity index (χ2v) is 2.25.